The van der Waals surface area contributed by atoms with Gasteiger partial charge in [-0.2, -0.15) is 0 Å². The number of carbonyl (C=O) groups excluding carboxylic acids is 1. The molecule has 238 valence electrons. The summed E-state index contributed by atoms with van der Waals surface area (Å²) in [6.45, 7) is 2.06. The topological polar surface area (TPSA) is 75.6 Å². The molecule has 5 atom stereocenters. The van der Waals surface area contributed by atoms with Crippen LogP contribution < -0.4 is 0 Å². The van der Waals surface area contributed by atoms with E-state index in [9.17, 15) is 4.79 Å². The zero-order valence-corrected chi connectivity index (χ0v) is 27.0. The van der Waals surface area contributed by atoms with Crippen LogP contribution in [0.25, 0.3) is 0 Å². The van der Waals surface area contributed by atoms with E-state index in [0.717, 1.165) is 33.4 Å². The van der Waals surface area contributed by atoms with Gasteiger partial charge in [-0.15, -0.1) is 0 Å². The van der Waals surface area contributed by atoms with Gasteiger partial charge in [0.05, 0.1) is 38.5 Å². The predicted molar refractivity (Wildman–Crippen MR) is 183 cm³/mol. The number of rotatable bonds is 13. The Bertz CT molecular complexity index is 1530. The average molecular weight is 656 g/mol. The van der Waals surface area contributed by atoms with E-state index < -0.39 is 35.8 Å². The summed E-state index contributed by atoms with van der Waals surface area (Å²) in [5.41, 5.74) is 2.93. The van der Waals surface area contributed by atoms with Gasteiger partial charge in [-0.25, -0.2) is 4.79 Å². The molecule has 0 N–H and O–H groups in total. The first-order valence-electron chi connectivity index (χ1n) is 15.4. The minimum absolute atomic E-state index is 0.260. The molecule has 2 aliphatic rings. The number of aliphatic imine (C=N–C) groups is 1. The lowest BCUT2D eigenvalue weighted by molar-refractivity contribution is -0.242. The summed E-state index contributed by atoms with van der Waals surface area (Å²) in [4.78, 5) is 18.2. The smallest absolute Gasteiger partial charge is 0.338 e. The lowest BCUT2D eigenvalue weighted by Gasteiger charge is -2.45. The summed E-state index contributed by atoms with van der Waals surface area (Å²) in [6.07, 6.45) is -2.58. The highest BCUT2D eigenvalue weighted by atomic mass is 32.2. The van der Waals surface area contributed by atoms with E-state index in [0.29, 0.717) is 25.4 Å². The Morgan fingerprint density at radius 3 is 1.83 bits per heavy atom. The Morgan fingerprint density at radius 2 is 1.26 bits per heavy atom. The minimum Gasteiger partial charge on any atom is -0.452 e. The minimum atomic E-state index is -0.795. The van der Waals surface area contributed by atoms with E-state index >= 15 is 0 Å². The molecular weight excluding hydrogens is 619 g/mol. The van der Waals surface area contributed by atoms with Gasteiger partial charge in [0.1, 0.15) is 28.1 Å². The molecule has 0 radical (unpaired) electrons. The first-order chi connectivity index (χ1) is 22.7. The van der Waals surface area contributed by atoms with E-state index in [-0.39, 0.29) is 6.61 Å². The molecule has 1 saturated heterocycles. The van der Waals surface area contributed by atoms with E-state index in [1.165, 1.54) is 11.8 Å². The van der Waals surface area contributed by atoms with E-state index in [4.69, 9.17) is 23.7 Å². The average Bonchev–Trinajstić information content (AvgIpc) is 3.63. The van der Waals surface area contributed by atoms with Gasteiger partial charge in [-0.05, 0) is 28.8 Å². The van der Waals surface area contributed by atoms with E-state index in [1.807, 2.05) is 109 Å². The largest absolute Gasteiger partial charge is 0.452 e. The van der Waals surface area contributed by atoms with Gasteiger partial charge < -0.3 is 23.7 Å². The Hall–Kier alpha value is -3.44. The Kier molecular flexibility index (Phi) is 12.0. The second kappa shape index (κ2) is 16.9. The Morgan fingerprint density at radius 1 is 0.717 bits per heavy atom. The van der Waals surface area contributed by atoms with Crippen LogP contribution in [0.4, 0.5) is 0 Å². The van der Waals surface area contributed by atoms with Crippen molar-refractivity contribution in [3.05, 3.63) is 144 Å². The zero-order valence-electron chi connectivity index (χ0n) is 25.4. The molecule has 9 heteroatoms. The maximum Gasteiger partial charge on any atom is 0.338 e. The number of hydrogen-bond donors (Lipinski definition) is 0. The number of esters is 1. The fourth-order valence-corrected chi connectivity index (χ4v) is 7.53. The third-order valence-electron chi connectivity index (χ3n) is 7.58. The number of hydrogen-bond acceptors (Lipinski definition) is 9. The number of thioether (sulfide) groups is 2. The first-order valence-corrected chi connectivity index (χ1v) is 17.3. The van der Waals surface area contributed by atoms with Gasteiger partial charge in [0, 0.05) is 5.75 Å². The van der Waals surface area contributed by atoms with Gasteiger partial charge >= 0.3 is 5.97 Å². The molecular formula is C37H37NO6S2. The quantitative estimate of drug-likeness (QED) is 0.141. The van der Waals surface area contributed by atoms with Crippen LogP contribution in [-0.2, 0) is 43.5 Å². The van der Waals surface area contributed by atoms with Gasteiger partial charge in [0.2, 0.25) is 0 Å². The molecule has 0 aromatic heterocycles. The number of benzene rings is 4. The van der Waals surface area contributed by atoms with Gasteiger partial charge in [0.15, 0.2) is 6.10 Å². The zero-order chi connectivity index (χ0) is 31.4. The summed E-state index contributed by atoms with van der Waals surface area (Å²) in [6, 6.07) is 39.0. The molecule has 0 spiro atoms. The van der Waals surface area contributed by atoms with Crippen molar-refractivity contribution in [1.82, 2.24) is 0 Å². The lowest BCUT2D eigenvalue weighted by atomic mass is 9.98. The Balaban J connectivity index is 1.32. The maximum atomic E-state index is 13.6. The second-order valence-electron chi connectivity index (χ2n) is 10.9. The van der Waals surface area contributed by atoms with Crippen molar-refractivity contribution >= 4 is 33.9 Å². The molecule has 6 rings (SSSR count). The van der Waals surface area contributed by atoms with Gasteiger partial charge in [-0.3, -0.25) is 4.99 Å². The van der Waals surface area contributed by atoms with Crippen molar-refractivity contribution in [1.29, 1.82) is 0 Å². The van der Waals surface area contributed by atoms with E-state index in [1.54, 1.807) is 23.9 Å². The highest BCUT2D eigenvalue weighted by molar-refractivity contribution is 8.39. The van der Waals surface area contributed by atoms with Crippen molar-refractivity contribution in [2.45, 2.75) is 49.7 Å². The molecule has 0 amide bonds. The first kappa shape index (κ1) is 32.5. The van der Waals surface area contributed by atoms with Crippen molar-refractivity contribution in [3.8, 4) is 0 Å². The molecule has 1 fully saturated rings. The highest BCUT2D eigenvalue weighted by Crippen LogP contribution is 2.38. The summed E-state index contributed by atoms with van der Waals surface area (Å²) in [7, 11) is 0. The van der Waals surface area contributed by atoms with Crippen molar-refractivity contribution in [3.63, 3.8) is 0 Å². The molecule has 2 heterocycles. The second-order valence-corrected chi connectivity index (χ2v) is 13.3. The fraction of sp³-hybridized carbons (Fsp3) is 0.297. The van der Waals surface area contributed by atoms with Crippen LogP contribution in [0.15, 0.2) is 126 Å². The summed E-state index contributed by atoms with van der Waals surface area (Å²) >= 11 is 3.15. The van der Waals surface area contributed by atoms with Crippen LogP contribution in [0.3, 0.4) is 0 Å². The van der Waals surface area contributed by atoms with Crippen molar-refractivity contribution in [2.24, 2.45) is 4.99 Å². The van der Waals surface area contributed by atoms with Crippen LogP contribution >= 0.6 is 23.5 Å². The fourth-order valence-electron chi connectivity index (χ4n) is 5.28. The van der Waals surface area contributed by atoms with Crippen LogP contribution in [0.2, 0.25) is 0 Å². The standard InChI is InChI=1S/C37H37NO6S2/c39-35(30-19-11-4-12-20-30)44-34-33(42-25-29-17-9-3-10-18-29)32(41-24-28-15-7-2-8-16-28)31(26-40-23-27-13-5-1-6-14-27)43-36(34)46-37-38-21-22-45-37/h1-20,31-34,36H,21-26H2/t31-,32-,33+,34-,36+/m1/s1. The summed E-state index contributed by atoms with van der Waals surface area (Å²) in [5, 5.41) is 0. The lowest BCUT2D eigenvalue weighted by Crippen LogP contribution is -2.61. The van der Waals surface area contributed by atoms with E-state index in [2.05, 4.69) is 4.99 Å². The summed E-state index contributed by atoms with van der Waals surface area (Å²) in [5.74, 6) is 0.457. The summed E-state index contributed by atoms with van der Waals surface area (Å²) < 4.78 is 33.6. The third-order valence-corrected chi connectivity index (χ3v) is 9.93. The normalized spacial score (nSPS) is 22.7. The monoisotopic (exact) mass is 655 g/mol. The number of nitrogens with zero attached hydrogens (tertiary/aromatic N) is 1. The van der Waals surface area contributed by atoms with Crippen molar-refractivity contribution in [2.75, 3.05) is 18.9 Å². The maximum absolute atomic E-state index is 13.6. The number of carbonyl (C=O) groups is 1. The van der Waals surface area contributed by atoms with Gasteiger partial charge in [-0.1, -0.05) is 133 Å². The molecule has 7 nitrogen and oxygen atoms in total. The molecule has 4 aromatic carbocycles. The predicted octanol–water partition coefficient (Wildman–Crippen LogP) is 7.16. The molecule has 0 saturated carbocycles. The molecule has 2 aliphatic heterocycles. The Labute approximate surface area is 278 Å². The molecule has 0 unspecified atom stereocenters. The highest BCUT2D eigenvalue weighted by Gasteiger charge is 2.50. The van der Waals surface area contributed by atoms with Crippen molar-refractivity contribution < 1.29 is 28.5 Å². The molecule has 0 bridgehead atoms. The molecule has 0 aliphatic carbocycles. The molecule has 4 aromatic rings. The van der Waals surface area contributed by atoms with Crippen LogP contribution in [0.1, 0.15) is 27.0 Å². The third kappa shape index (κ3) is 9.09. The van der Waals surface area contributed by atoms with Gasteiger partial charge in [0.25, 0.3) is 0 Å². The van der Waals surface area contributed by atoms with Crippen LogP contribution in [0.5, 0.6) is 0 Å². The van der Waals surface area contributed by atoms with Crippen LogP contribution in [0, 0.1) is 0 Å². The number of ether oxygens (including phenoxy) is 5. The SMILES string of the molecule is O=C(O[C@@H]1[C@@H](OCc2ccccc2)[C@H](OCc2ccccc2)[C@@H](COCc2ccccc2)O[C@H]1SC1=NCCS1)c1ccccc1. The molecule has 46 heavy (non-hydrogen) atoms. The van der Waals surface area contributed by atoms with Crippen LogP contribution in [-0.4, -0.2) is 59.1 Å².